The largest absolute Gasteiger partial charge is 0.393 e. The number of hydrogen-bond acceptors (Lipinski definition) is 4. The molecule has 0 unspecified atom stereocenters. The highest BCUT2D eigenvalue weighted by molar-refractivity contribution is 5.86. The van der Waals surface area contributed by atoms with Crippen LogP contribution in [0.3, 0.4) is 0 Å². The number of aliphatic hydroxyl groups is 2. The number of rotatable bonds is 6. The third kappa shape index (κ3) is 7.07. The molecule has 5 heteroatoms. The Kier molecular flexibility index (Phi) is 6.94. The monoisotopic (exact) mass is 217 g/mol. The van der Waals surface area contributed by atoms with Crippen LogP contribution in [0.5, 0.6) is 0 Å². The van der Waals surface area contributed by atoms with Gasteiger partial charge in [-0.3, -0.25) is 9.63 Å². The van der Waals surface area contributed by atoms with Crippen LogP contribution in [-0.4, -0.2) is 47.5 Å². The molecule has 0 bridgehead atoms. The summed E-state index contributed by atoms with van der Waals surface area (Å²) in [6.07, 6.45) is 2.41. The molecule has 0 saturated heterocycles. The fraction of sp³-hybridized carbons (Fsp3) is 0.700. The SMILES string of the molecule is CON(C)C(=O)/C=C\[C@H](O)CC[C@@H](C)O. The summed E-state index contributed by atoms with van der Waals surface area (Å²) >= 11 is 0. The first-order chi connectivity index (χ1) is 6.97. The number of likely N-dealkylation sites (N-methyl/N-ethyl adjacent to an activating group) is 1. The molecule has 88 valence electrons. The van der Waals surface area contributed by atoms with E-state index in [4.69, 9.17) is 5.11 Å². The predicted octanol–water partition coefficient (Wildman–Crippen LogP) is 0.0843. The van der Waals surface area contributed by atoms with Gasteiger partial charge in [-0.25, -0.2) is 5.06 Å². The van der Waals surface area contributed by atoms with Crippen LogP contribution < -0.4 is 0 Å². The van der Waals surface area contributed by atoms with E-state index in [1.165, 1.54) is 26.3 Å². The van der Waals surface area contributed by atoms with Gasteiger partial charge in [0.05, 0.1) is 19.3 Å². The van der Waals surface area contributed by atoms with Crippen molar-refractivity contribution in [3.8, 4) is 0 Å². The Hall–Kier alpha value is -0.910. The summed E-state index contributed by atoms with van der Waals surface area (Å²) in [5.41, 5.74) is 0. The van der Waals surface area contributed by atoms with E-state index in [9.17, 15) is 9.90 Å². The van der Waals surface area contributed by atoms with Crippen LogP contribution in [0.2, 0.25) is 0 Å². The van der Waals surface area contributed by atoms with E-state index in [1.807, 2.05) is 0 Å². The van der Waals surface area contributed by atoms with Crippen LogP contribution in [-0.2, 0) is 9.63 Å². The van der Waals surface area contributed by atoms with E-state index in [2.05, 4.69) is 4.84 Å². The van der Waals surface area contributed by atoms with Crippen LogP contribution in [0.25, 0.3) is 0 Å². The van der Waals surface area contributed by atoms with Gasteiger partial charge in [-0.15, -0.1) is 0 Å². The number of aliphatic hydroxyl groups excluding tert-OH is 2. The molecule has 0 heterocycles. The topological polar surface area (TPSA) is 70.0 Å². The highest BCUT2D eigenvalue weighted by Gasteiger charge is 2.05. The molecule has 2 N–H and O–H groups in total. The van der Waals surface area contributed by atoms with Gasteiger partial charge in [0.2, 0.25) is 0 Å². The molecule has 1 amide bonds. The number of amides is 1. The number of hydroxylamine groups is 2. The lowest BCUT2D eigenvalue weighted by Crippen LogP contribution is -2.23. The number of carbonyl (C=O) groups is 1. The van der Waals surface area contributed by atoms with Crippen molar-refractivity contribution >= 4 is 5.91 Å². The molecule has 0 aromatic heterocycles. The Bertz CT molecular complexity index is 215. The lowest BCUT2D eigenvalue weighted by molar-refractivity contribution is -0.162. The second-order valence-electron chi connectivity index (χ2n) is 3.37. The number of carbonyl (C=O) groups excluding carboxylic acids is 1. The smallest absolute Gasteiger partial charge is 0.269 e. The Labute approximate surface area is 89.9 Å². The zero-order valence-electron chi connectivity index (χ0n) is 9.38. The van der Waals surface area contributed by atoms with E-state index in [0.717, 1.165) is 5.06 Å². The molecule has 0 radical (unpaired) electrons. The molecule has 2 atom stereocenters. The minimum atomic E-state index is -0.714. The van der Waals surface area contributed by atoms with Gasteiger partial charge >= 0.3 is 0 Å². The minimum Gasteiger partial charge on any atom is -0.393 e. The van der Waals surface area contributed by atoms with Crippen molar-refractivity contribution in [3.05, 3.63) is 12.2 Å². The molecule has 0 rings (SSSR count). The van der Waals surface area contributed by atoms with Gasteiger partial charge in [0.1, 0.15) is 0 Å². The molecule has 5 nitrogen and oxygen atoms in total. The first-order valence-corrected chi connectivity index (χ1v) is 4.83. The fourth-order valence-electron chi connectivity index (χ4n) is 0.897. The summed E-state index contributed by atoms with van der Waals surface area (Å²) in [4.78, 5) is 15.8. The van der Waals surface area contributed by atoms with Crippen LogP contribution in [0.15, 0.2) is 12.2 Å². The molecular weight excluding hydrogens is 198 g/mol. The highest BCUT2D eigenvalue weighted by atomic mass is 16.7. The maximum atomic E-state index is 11.2. The molecule has 0 spiro atoms. The lowest BCUT2D eigenvalue weighted by Gasteiger charge is -2.11. The molecule has 0 fully saturated rings. The van der Waals surface area contributed by atoms with E-state index in [-0.39, 0.29) is 5.91 Å². The van der Waals surface area contributed by atoms with Crippen molar-refractivity contribution in [1.82, 2.24) is 5.06 Å². The second-order valence-corrected chi connectivity index (χ2v) is 3.37. The molecule has 0 aliphatic heterocycles. The second kappa shape index (κ2) is 7.39. The molecule has 0 aromatic carbocycles. The first-order valence-electron chi connectivity index (χ1n) is 4.83. The molecule has 0 saturated carbocycles. The van der Waals surface area contributed by atoms with E-state index >= 15 is 0 Å². The fourth-order valence-corrected chi connectivity index (χ4v) is 0.897. The van der Waals surface area contributed by atoms with Crippen LogP contribution in [0.1, 0.15) is 19.8 Å². The summed E-state index contributed by atoms with van der Waals surface area (Å²) < 4.78 is 0. The predicted molar refractivity (Wildman–Crippen MR) is 55.8 cm³/mol. The van der Waals surface area contributed by atoms with Crippen LogP contribution in [0.4, 0.5) is 0 Å². The normalized spacial score (nSPS) is 15.3. The summed E-state index contributed by atoms with van der Waals surface area (Å²) in [6.45, 7) is 1.65. The van der Waals surface area contributed by atoms with Crippen molar-refractivity contribution in [2.45, 2.75) is 32.0 Å². The maximum absolute atomic E-state index is 11.2. The number of nitrogens with zero attached hydrogens (tertiary/aromatic N) is 1. The Morgan fingerprint density at radius 3 is 2.53 bits per heavy atom. The molecule has 0 aliphatic rings. The van der Waals surface area contributed by atoms with Crippen LogP contribution in [0, 0.1) is 0 Å². The van der Waals surface area contributed by atoms with Crippen molar-refractivity contribution in [2.24, 2.45) is 0 Å². The van der Waals surface area contributed by atoms with Crippen LogP contribution >= 0.6 is 0 Å². The summed E-state index contributed by atoms with van der Waals surface area (Å²) in [7, 11) is 2.87. The van der Waals surface area contributed by atoms with Crippen molar-refractivity contribution in [1.29, 1.82) is 0 Å². The van der Waals surface area contributed by atoms with Gasteiger partial charge < -0.3 is 10.2 Å². The molecule has 15 heavy (non-hydrogen) atoms. The zero-order chi connectivity index (χ0) is 11.8. The van der Waals surface area contributed by atoms with Gasteiger partial charge in [-0.2, -0.15) is 0 Å². The average molecular weight is 217 g/mol. The maximum Gasteiger partial charge on any atom is 0.269 e. The van der Waals surface area contributed by atoms with Gasteiger partial charge in [-0.1, -0.05) is 6.08 Å². The summed E-state index contributed by atoms with van der Waals surface area (Å²) in [6, 6.07) is 0. The first kappa shape index (κ1) is 14.1. The molecular formula is C10H19NO4. The number of hydrogen-bond donors (Lipinski definition) is 2. The Morgan fingerprint density at radius 2 is 2.07 bits per heavy atom. The third-order valence-corrected chi connectivity index (χ3v) is 1.93. The molecule has 0 aliphatic carbocycles. The third-order valence-electron chi connectivity index (χ3n) is 1.93. The van der Waals surface area contributed by atoms with Crippen molar-refractivity contribution < 1.29 is 19.8 Å². The lowest BCUT2D eigenvalue weighted by atomic mass is 10.1. The highest BCUT2D eigenvalue weighted by Crippen LogP contribution is 2.02. The standard InChI is InChI=1S/C10H19NO4/c1-8(12)4-5-9(13)6-7-10(14)11(2)15-3/h6-9,12-13H,4-5H2,1-3H3/b7-6-/t8-,9-/m1/s1. The Morgan fingerprint density at radius 1 is 1.47 bits per heavy atom. The van der Waals surface area contributed by atoms with Crippen molar-refractivity contribution in [2.75, 3.05) is 14.2 Å². The van der Waals surface area contributed by atoms with Gasteiger partial charge in [0.25, 0.3) is 5.91 Å². The zero-order valence-corrected chi connectivity index (χ0v) is 9.38. The quantitative estimate of drug-likeness (QED) is 0.488. The van der Waals surface area contributed by atoms with Crippen molar-refractivity contribution in [3.63, 3.8) is 0 Å². The van der Waals surface area contributed by atoms with E-state index in [1.54, 1.807) is 6.92 Å². The van der Waals surface area contributed by atoms with Gasteiger partial charge in [0.15, 0.2) is 0 Å². The summed E-state index contributed by atoms with van der Waals surface area (Å²) in [5.74, 6) is -0.339. The molecule has 0 aromatic rings. The summed E-state index contributed by atoms with van der Waals surface area (Å²) in [5, 5.41) is 19.4. The van der Waals surface area contributed by atoms with E-state index < -0.39 is 12.2 Å². The van der Waals surface area contributed by atoms with Gasteiger partial charge in [0, 0.05) is 13.1 Å². The van der Waals surface area contributed by atoms with E-state index in [0.29, 0.717) is 12.8 Å². The average Bonchev–Trinajstić information content (AvgIpc) is 2.21. The Balaban J connectivity index is 3.89. The minimum absolute atomic E-state index is 0.339. The van der Waals surface area contributed by atoms with Gasteiger partial charge in [-0.05, 0) is 19.8 Å².